The number of aryl methyl sites for hydroxylation is 1. The van der Waals surface area contributed by atoms with Crippen LogP contribution in [0.5, 0.6) is 5.75 Å². The number of hydrogen-bond acceptors (Lipinski definition) is 5. The van der Waals surface area contributed by atoms with Gasteiger partial charge in [-0.1, -0.05) is 0 Å². The van der Waals surface area contributed by atoms with E-state index in [1.165, 1.54) is 0 Å². The van der Waals surface area contributed by atoms with Crippen LogP contribution in [0, 0.1) is 6.92 Å². The Labute approximate surface area is 122 Å². The number of carbonyl (C=O) groups is 1. The zero-order valence-electron chi connectivity index (χ0n) is 12.1. The molecule has 3 N–H and O–H groups in total. The van der Waals surface area contributed by atoms with Crippen LogP contribution in [0.3, 0.4) is 0 Å². The van der Waals surface area contributed by atoms with Crippen molar-refractivity contribution < 1.29 is 14.6 Å². The molecule has 110 valence electrons. The zero-order chi connectivity index (χ0) is 15.6. The van der Waals surface area contributed by atoms with Crippen LogP contribution in [0.1, 0.15) is 29.9 Å². The molecule has 0 aliphatic carbocycles. The van der Waals surface area contributed by atoms with Gasteiger partial charge in [0.1, 0.15) is 11.3 Å². The molecule has 6 nitrogen and oxygen atoms in total. The van der Waals surface area contributed by atoms with Crippen molar-refractivity contribution in [2.45, 2.75) is 26.9 Å². The number of carboxylic acid groups (broad SMARTS) is 1. The highest BCUT2D eigenvalue weighted by Gasteiger charge is 2.18. The molecule has 2 rings (SSSR count). The second kappa shape index (κ2) is 5.78. The highest BCUT2D eigenvalue weighted by molar-refractivity contribution is 5.96. The van der Waals surface area contributed by atoms with Gasteiger partial charge < -0.3 is 15.6 Å². The lowest BCUT2D eigenvalue weighted by Gasteiger charge is -2.11. The molecule has 0 radical (unpaired) electrons. The summed E-state index contributed by atoms with van der Waals surface area (Å²) in [7, 11) is 0. The first-order valence-electron chi connectivity index (χ1n) is 6.53. The Bertz CT molecular complexity index is 667. The van der Waals surface area contributed by atoms with E-state index in [0.717, 1.165) is 0 Å². The van der Waals surface area contributed by atoms with Crippen LogP contribution >= 0.6 is 0 Å². The lowest BCUT2D eigenvalue weighted by molar-refractivity contribution is 0.0696. The van der Waals surface area contributed by atoms with Crippen LogP contribution in [0.25, 0.3) is 11.3 Å². The van der Waals surface area contributed by atoms with Gasteiger partial charge >= 0.3 is 5.97 Å². The Kier molecular flexibility index (Phi) is 4.07. The fraction of sp³-hybridized carbons (Fsp3) is 0.267. The van der Waals surface area contributed by atoms with Gasteiger partial charge in [-0.25, -0.2) is 14.8 Å². The quantitative estimate of drug-likeness (QED) is 0.896. The molecule has 0 atom stereocenters. The standard InChI is InChI=1S/C15H17N3O3/c1-8(2)21-11-6-4-10(5-7-11)13-12(14(19)20)9(3)17-15(16)18-13/h4-8H,1-3H3,(H,19,20)(H2,16,17,18). The third-order valence-electron chi connectivity index (χ3n) is 2.82. The Hall–Kier alpha value is -2.63. The lowest BCUT2D eigenvalue weighted by Crippen LogP contribution is -2.10. The molecule has 0 aliphatic rings. The Morgan fingerprint density at radius 2 is 1.86 bits per heavy atom. The maximum atomic E-state index is 11.4. The van der Waals surface area contributed by atoms with Crippen molar-refractivity contribution in [1.82, 2.24) is 9.97 Å². The number of nitrogens with two attached hydrogens (primary N) is 1. The van der Waals surface area contributed by atoms with Crippen molar-refractivity contribution in [2.75, 3.05) is 5.73 Å². The number of hydrogen-bond donors (Lipinski definition) is 2. The third kappa shape index (κ3) is 3.28. The summed E-state index contributed by atoms with van der Waals surface area (Å²) in [6, 6.07) is 7.06. The van der Waals surface area contributed by atoms with Gasteiger partial charge in [-0.05, 0) is 45.0 Å². The van der Waals surface area contributed by atoms with E-state index >= 15 is 0 Å². The molecule has 0 saturated carbocycles. The Morgan fingerprint density at radius 1 is 1.24 bits per heavy atom. The second-order valence-corrected chi connectivity index (χ2v) is 4.89. The predicted octanol–water partition coefficient (Wildman–Crippen LogP) is 2.52. The highest BCUT2D eigenvalue weighted by atomic mass is 16.5. The summed E-state index contributed by atoms with van der Waals surface area (Å²) in [5.74, 6) is -0.315. The lowest BCUT2D eigenvalue weighted by atomic mass is 10.0. The van der Waals surface area contributed by atoms with E-state index in [9.17, 15) is 9.90 Å². The summed E-state index contributed by atoms with van der Waals surface area (Å²) >= 11 is 0. The van der Waals surface area contributed by atoms with Crippen LogP contribution in [-0.2, 0) is 0 Å². The predicted molar refractivity (Wildman–Crippen MR) is 79.3 cm³/mol. The largest absolute Gasteiger partial charge is 0.491 e. The van der Waals surface area contributed by atoms with Crippen molar-refractivity contribution in [3.63, 3.8) is 0 Å². The number of aromatic carboxylic acids is 1. The van der Waals surface area contributed by atoms with E-state index in [0.29, 0.717) is 22.7 Å². The van der Waals surface area contributed by atoms with Crippen LogP contribution in [-0.4, -0.2) is 27.1 Å². The Balaban J connectivity index is 2.48. The molecule has 1 aromatic heterocycles. The molecule has 0 amide bonds. The molecule has 1 aromatic carbocycles. The first-order chi connectivity index (χ1) is 9.88. The van der Waals surface area contributed by atoms with Crippen molar-refractivity contribution in [3.05, 3.63) is 35.5 Å². The van der Waals surface area contributed by atoms with Crippen LogP contribution < -0.4 is 10.5 Å². The molecule has 0 aliphatic heterocycles. The first-order valence-corrected chi connectivity index (χ1v) is 6.53. The molecule has 0 bridgehead atoms. The molecular weight excluding hydrogens is 270 g/mol. The molecule has 1 heterocycles. The maximum absolute atomic E-state index is 11.4. The monoisotopic (exact) mass is 287 g/mol. The van der Waals surface area contributed by atoms with Crippen molar-refractivity contribution in [1.29, 1.82) is 0 Å². The van der Waals surface area contributed by atoms with E-state index in [4.69, 9.17) is 10.5 Å². The highest BCUT2D eigenvalue weighted by Crippen LogP contribution is 2.26. The minimum Gasteiger partial charge on any atom is -0.491 e. The van der Waals surface area contributed by atoms with Crippen molar-refractivity contribution in [2.24, 2.45) is 0 Å². The maximum Gasteiger partial charge on any atom is 0.339 e. The zero-order valence-corrected chi connectivity index (χ0v) is 12.1. The van der Waals surface area contributed by atoms with Crippen molar-refractivity contribution >= 4 is 11.9 Å². The van der Waals surface area contributed by atoms with Crippen LogP contribution in [0.2, 0.25) is 0 Å². The number of benzene rings is 1. The summed E-state index contributed by atoms with van der Waals surface area (Å²) in [5, 5.41) is 9.33. The summed E-state index contributed by atoms with van der Waals surface area (Å²) in [5.41, 5.74) is 6.98. The molecule has 0 fully saturated rings. The van der Waals surface area contributed by atoms with Gasteiger partial charge in [0.05, 0.1) is 17.5 Å². The van der Waals surface area contributed by atoms with E-state index in [1.54, 1.807) is 31.2 Å². The molecule has 0 unspecified atom stereocenters. The number of aromatic nitrogens is 2. The molecule has 2 aromatic rings. The number of carboxylic acids is 1. The average molecular weight is 287 g/mol. The van der Waals surface area contributed by atoms with Crippen LogP contribution in [0.15, 0.2) is 24.3 Å². The summed E-state index contributed by atoms with van der Waals surface area (Å²) in [4.78, 5) is 19.4. The number of nitrogen functional groups attached to an aromatic ring is 1. The SMILES string of the molecule is Cc1nc(N)nc(-c2ccc(OC(C)C)cc2)c1C(=O)O. The van der Waals surface area contributed by atoms with Gasteiger partial charge in [0, 0.05) is 5.56 Å². The minimum absolute atomic E-state index is 0.0509. The molecule has 0 spiro atoms. The van der Waals surface area contributed by atoms with Gasteiger partial charge in [0.25, 0.3) is 0 Å². The smallest absolute Gasteiger partial charge is 0.339 e. The van der Waals surface area contributed by atoms with E-state index in [2.05, 4.69) is 9.97 Å². The van der Waals surface area contributed by atoms with Crippen molar-refractivity contribution in [3.8, 4) is 17.0 Å². The van der Waals surface area contributed by atoms with Gasteiger partial charge in [-0.3, -0.25) is 0 Å². The normalized spacial score (nSPS) is 10.7. The van der Waals surface area contributed by atoms with Gasteiger partial charge in [-0.15, -0.1) is 0 Å². The van der Waals surface area contributed by atoms with E-state index < -0.39 is 5.97 Å². The van der Waals surface area contributed by atoms with Gasteiger partial charge in [-0.2, -0.15) is 0 Å². The fourth-order valence-electron chi connectivity index (χ4n) is 2.02. The third-order valence-corrected chi connectivity index (χ3v) is 2.82. The summed E-state index contributed by atoms with van der Waals surface area (Å²) < 4.78 is 5.56. The number of nitrogens with zero attached hydrogens (tertiary/aromatic N) is 2. The number of rotatable bonds is 4. The average Bonchev–Trinajstić information content (AvgIpc) is 2.37. The number of anilines is 1. The van der Waals surface area contributed by atoms with Crippen LogP contribution in [0.4, 0.5) is 5.95 Å². The van der Waals surface area contributed by atoms with E-state index in [-0.39, 0.29) is 17.6 Å². The van der Waals surface area contributed by atoms with Gasteiger partial charge in [0.15, 0.2) is 0 Å². The fourth-order valence-corrected chi connectivity index (χ4v) is 2.02. The van der Waals surface area contributed by atoms with Gasteiger partial charge in [0.2, 0.25) is 5.95 Å². The summed E-state index contributed by atoms with van der Waals surface area (Å²) in [6.45, 7) is 5.47. The first kappa shape index (κ1) is 14.8. The Morgan fingerprint density at radius 3 is 2.38 bits per heavy atom. The molecule has 0 saturated heterocycles. The van der Waals surface area contributed by atoms with E-state index in [1.807, 2.05) is 13.8 Å². The topological polar surface area (TPSA) is 98.3 Å². The summed E-state index contributed by atoms with van der Waals surface area (Å²) in [6.07, 6.45) is 0.0716. The molecular formula is C15H17N3O3. The molecule has 21 heavy (non-hydrogen) atoms. The molecule has 6 heteroatoms. The minimum atomic E-state index is -1.08. The second-order valence-electron chi connectivity index (χ2n) is 4.89. The number of ether oxygens (including phenoxy) is 1.